The summed E-state index contributed by atoms with van der Waals surface area (Å²) in [5, 5.41) is 9.97. The molecule has 0 saturated carbocycles. The van der Waals surface area contributed by atoms with Crippen LogP contribution in [0.4, 0.5) is 0 Å². The van der Waals surface area contributed by atoms with Gasteiger partial charge in [0.05, 0.1) is 6.61 Å². The van der Waals surface area contributed by atoms with Crippen molar-refractivity contribution in [3.05, 3.63) is 35.4 Å². The molecule has 0 aromatic heterocycles. The summed E-state index contributed by atoms with van der Waals surface area (Å²) in [5.74, 6) is 0.665. The third kappa shape index (κ3) is 5.65. The van der Waals surface area contributed by atoms with Gasteiger partial charge in [-0.1, -0.05) is 51.5 Å². The van der Waals surface area contributed by atoms with E-state index in [-0.39, 0.29) is 0 Å². The lowest BCUT2D eigenvalue weighted by atomic mass is 10.0. The normalized spacial score (nSPS) is 12.9. The van der Waals surface area contributed by atoms with E-state index in [1.807, 2.05) is 12.1 Å². The summed E-state index contributed by atoms with van der Waals surface area (Å²) in [5.41, 5.74) is 2.27. The fourth-order valence-corrected chi connectivity index (χ4v) is 1.88. The number of hydrogen-bond donors (Lipinski definition) is 1. The molecule has 0 spiro atoms. The van der Waals surface area contributed by atoms with Crippen molar-refractivity contribution in [1.82, 2.24) is 0 Å². The number of hydrogen-bond acceptors (Lipinski definition) is 2. The molecule has 1 atom stereocenters. The number of benzene rings is 1. The Hall–Kier alpha value is -0.860. The first-order valence-corrected chi connectivity index (χ1v) is 6.98. The predicted octanol–water partition coefficient (Wildman–Crippen LogP) is 3.74. The van der Waals surface area contributed by atoms with Gasteiger partial charge in [-0.3, -0.25) is 0 Å². The van der Waals surface area contributed by atoms with E-state index in [0.717, 1.165) is 31.4 Å². The van der Waals surface area contributed by atoms with Gasteiger partial charge in [0.2, 0.25) is 0 Å². The Morgan fingerprint density at radius 1 is 1.17 bits per heavy atom. The van der Waals surface area contributed by atoms with Gasteiger partial charge in [0.1, 0.15) is 6.10 Å². The van der Waals surface area contributed by atoms with Crippen LogP contribution in [0.1, 0.15) is 50.8 Å². The van der Waals surface area contributed by atoms with E-state index in [1.165, 1.54) is 5.56 Å². The van der Waals surface area contributed by atoms with E-state index in [1.54, 1.807) is 0 Å². The molecule has 1 aromatic carbocycles. The lowest BCUT2D eigenvalue weighted by Gasteiger charge is -2.12. The minimum Gasteiger partial charge on any atom is -0.386 e. The Labute approximate surface area is 111 Å². The van der Waals surface area contributed by atoms with Gasteiger partial charge in [-0.15, -0.1) is 0 Å². The van der Waals surface area contributed by atoms with Gasteiger partial charge < -0.3 is 9.84 Å². The molecule has 102 valence electrons. The van der Waals surface area contributed by atoms with Crippen molar-refractivity contribution in [2.75, 3.05) is 13.2 Å². The van der Waals surface area contributed by atoms with E-state index in [4.69, 9.17) is 4.74 Å². The van der Waals surface area contributed by atoms with E-state index in [2.05, 4.69) is 32.9 Å². The summed E-state index contributed by atoms with van der Waals surface area (Å²) < 4.78 is 5.44. The van der Waals surface area contributed by atoms with Gasteiger partial charge in [0.15, 0.2) is 0 Å². The van der Waals surface area contributed by atoms with Crippen LogP contribution in [0.15, 0.2) is 24.3 Å². The molecule has 0 radical (unpaired) electrons. The van der Waals surface area contributed by atoms with Crippen molar-refractivity contribution < 1.29 is 9.84 Å². The highest BCUT2D eigenvalue weighted by atomic mass is 16.5. The number of unbranched alkanes of at least 4 members (excludes halogenated alkanes) is 1. The number of aliphatic hydroxyl groups is 1. The van der Waals surface area contributed by atoms with Crippen LogP contribution >= 0.6 is 0 Å². The first kappa shape index (κ1) is 15.2. The molecule has 1 N–H and O–H groups in total. The van der Waals surface area contributed by atoms with Crippen LogP contribution in [0.3, 0.4) is 0 Å². The van der Waals surface area contributed by atoms with Crippen molar-refractivity contribution >= 4 is 0 Å². The lowest BCUT2D eigenvalue weighted by molar-refractivity contribution is 0.0349. The van der Waals surface area contributed by atoms with E-state index in [0.29, 0.717) is 12.5 Å². The average Bonchev–Trinajstić information content (AvgIpc) is 2.34. The Kier molecular flexibility index (Phi) is 6.99. The second-order valence-corrected chi connectivity index (χ2v) is 5.28. The fourth-order valence-electron chi connectivity index (χ4n) is 1.88. The monoisotopic (exact) mass is 250 g/mol. The SMILES string of the molecule is CCCCOCC(O)c1ccc(CC(C)C)cc1. The van der Waals surface area contributed by atoms with E-state index in [9.17, 15) is 5.11 Å². The van der Waals surface area contributed by atoms with Crippen LogP contribution < -0.4 is 0 Å². The molecule has 1 unspecified atom stereocenters. The number of rotatable bonds is 8. The quantitative estimate of drug-likeness (QED) is 0.712. The van der Waals surface area contributed by atoms with Gasteiger partial charge in [-0.2, -0.15) is 0 Å². The van der Waals surface area contributed by atoms with Crippen LogP contribution in [0.25, 0.3) is 0 Å². The Balaban J connectivity index is 2.41. The molecule has 0 bridgehead atoms. The molecule has 2 nitrogen and oxygen atoms in total. The summed E-state index contributed by atoms with van der Waals surface area (Å²) in [7, 11) is 0. The Morgan fingerprint density at radius 3 is 2.39 bits per heavy atom. The molecule has 0 aliphatic rings. The van der Waals surface area contributed by atoms with Crippen molar-refractivity contribution in [3.8, 4) is 0 Å². The second kappa shape index (κ2) is 8.28. The highest BCUT2D eigenvalue weighted by Crippen LogP contribution is 2.16. The average molecular weight is 250 g/mol. The molecule has 0 amide bonds. The fraction of sp³-hybridized carbons (Fsp3) is 0.625. The number of aliphatic hydroxyl groups excluding tert-OH is 1. The highest BCUT2D eigenvalue weighted by Gasteiger charge is 2.07. The summed E-state index contributed by atoms with van der Waals surface area (Å²) >= 11 is 0. The maximum atomic E-state index is 9.97. The van der Waals surface area contributed by atoms with Crippen LogP contribution in [-0.4, -0.2) is 18.3 Å². The van der Waals surface area contributed by atoms with Crippen molar-refractivity contribution in [2.24, 2.45) is 5.92 Å². The van der Waals surface area contributed by atoms with Crippen molar-refractivity contribution in [3.63, 3.8) is 0 Å². The largest absolute Gasteiger partial charge is 0.386 e. The maximum absolute atomic E-state index is 9.97. The summed E-state index contributed by atoms with van der Waals surface area (Å²) in [6, 6.07) is 8.21. The summed E-state index contributed by atoms with van der Waals surface area (Å²) in [6.45, 7) is 7.68. The molecule has 0 saturated heterocycles. The lowest BCUT2D eigenvalue weighted by Crippen LogP contribution is -2.08. The minimum absolute atomic E-state index is 0.392. The second-order valence-electron chi connectivity index (χ2n) is 5.28. The molecule has 18 heavy (non-hydrogen) atoms. The predicted molar refractivity (Wildman–Crippen MR) is 75.7 cm³/mol. The molecule has 0 aliphatic carbocycles. The number of ether oxygens (including phenoxy) is 1. The molecular weight excluding hydrogens is 224 g/mol. The van der Waals surface area contributed by atoms with Gasteiger partial charge >= 0.3 is 0 Å². The summed E-state index contributed by atoms with van der Waals surface area (Å²) in [4.78, 5) is 0. The molecular formula is C16H26O2. The van der Waals surface area contributed by atoms with E-state index >= 15 is 0 Å². The zero-order valence-corrected chi connectivity index (χ0v) is 11.9. The van der Waals surface area contributed by atoms with Gasteiger partial charge in [-0.05, 0) is 29.9 Å². The van der Waals surface area contributed by atoms with Crippen LogP contribution in [0.2, 0.25) is 0 Å². The minimum atomic E-state index is -0.505. The summed E-state index contributed by atoms with van der Waals surface area (Å²) in [6.07, 6.45) is 2.76. The molecule has 0 aliphatic heterocycles. The molecule has 2 heteroatoms. The van der Waals surface area contributed by atoms with Gasteiger partial charge in [0, 0.05) is 6.61 Å². The van der Waals surface area contributed by atoms with Gasteiger partial charge in [-0.25, -0.2) is 0 Å². The van der Waals surface area contributed by atoms with Crippen molar-refractivity contribution in [1.29, 1.82) is 0 Å². The first-order chi connectivity index (χ1) is 8.63. The van der Waals surface area contributed by atoms with Crippen LogP contribution in [-0.2, 0) is 11.2 Å². The topological polar surface area (TPSA) is 29.5 Å². The van der Waals surface area contributed by atoms with E-state index < -0.39 is 6.10 Å². The zero-order valence-electron chi connectivity index (χ0n) is 11.9. The van der Waals surface area contributed by atoms with Crippen molar-refractivity contribution in [2.45, 2.75) is 46.1 Å². The molecule has 1 aromatic rings. The molecule has 0 heterocycles. The maximum Gasteiger partial charge on any atom is 0.102 e. The zero-order chi connectivity index (χ0) is 13.4. The molecule has 1 rings (SSSR count). The highest BCUT2D eigenvalue weighted by molar-refractivity contribution is 5.24. The Morgan fingerprint density at radius 2 is 1.83 bits per heavy atom. The first-order valence-electron chi connectivity index (χ1n) is 6.98. The molecule has 0 fully saturated rings. The standard InChI is InChI=1S/C16H26O2/c1-4-5-10-18-12-16(17)15-8-6-14(7-9-15)11-13(2)3/h6-9,13,16-17H,4-5,10-12H2,1-3H3. The van der Waals surface area contributed by atoms with Crippen LogP contribution in [0, 0.1) is 5.92 Å². The van der Waals surface area contributed by atoms with Gasteiger partial charge in [0.25, 0.3) is 0 Å². The third-order valence-corrected chi connectivity index (χ3v) is 2.93. The van der Waals surface area contributed by atoms with Crippen LogP contribution in [0.5, 0.6) is 0 Å². The third-order valence-electron chi connectivity index (χ3n) is 2.93. The smallest absolute Gasteiger partial charge is 0.102 e. The Bertz CT molecular complexity index is 316.